The molecule has 0 bridgehead atoms. The fourth-order valence-electron chi connectivity index (χ4n) is 1.78. The normalized spacial score (nSPS) is 21.7. The van der Waals surface area contributed by atoms with E-state index in [1.807, 2.05) is 0 Å². The highest BCUT2D eigenvalue weighted by atomic mass is 16.5. The lowest BCUT2D eigenvalue weighted by molar-refractivity contribution is -0.139. The third-order valence-corrected chi connectivity index (χ3v) is 2.84. The molecule has 2 rings (SSSR count). The fraction of sp³-hybridized carbons (Fsp3) is 0.250. The first-order valence-corrected chi connectivity index (χ1v) is 5.50. The van der Waals surface area contributed by atoms with Gasteiger partial charge in [0.05, 0.1) is 0 Å². The highest BCUT2D eigenvalue weighted by molar-refractivity contribution is 6.07. The molecule has 0 saturated carbocycles. The monoisotopic (exact) mass is 264 g/mol. The Labute approximate surface area is 108 Å². The van der Waals surface area contributed by atoms with Crippen molar-refractivity contribution in [2.24, 2.45) is 0 Å². The lowest BCUT2D eigenvalue weighted by atomic mass is 9.92. The van der Waals surface area contributed by atoms with Gasteiger partial charge in [-0.3, -0.25) is 10.1 Å². The van der Waals surface area contributed by atoms with Crippen molar-refractivity contribution in [1.29, 1.82) is 0 Å². The summed E-state index contributed by atoms with van der Waals surface area (Å²) in [4.78, 5) is 33.2. The molecule has 0 radical (unpaired) electrons. The second-order valence-electron chi connectivity index (χ2n) is 4.24. The molecule has 1 unspecified atom stereocenters. The number of aliphatic carboxylic acids is 1. The Morgan fingerprint density at radius 1 is 1.32 bits per heavy atom. The van der Waals surface area contributed by atoms with E-state index in [0.717, 1.165) is 0 Å². The van der Waals surface area contributed by atoms with Gasteiger partial charge in [-0.25, -0.2) is 9.59 Å². The van der Waals surface area contributed by atoms with Crippen molar-refractivity contribution in [3.8, 4) is 5.75 Å². The number of urea groups is 1. The van der Waals surface area contributed by atoms with Gasteiger partial charge in [0.25, 0.3) is 5.91 Å². The highest BCUT2D eigenvalue weighted by Crippen LogP contribution is 2.26. The van der Waals surface area contributed by atoms with Gasteiger partial charge in [0.15, 0.2) is 6.61 Å². The zero-order valence-electron chi connectivity index (χ0n) is 10.1. The van der Waals surface area contributed by atoms with E-state index in [0.29, 0.717) is 11.3 Å². The molecular formula is C12H12N2O5. The molecule has 1 heterocycles. The number of benzene rings is 1. The molecule has 0 aliphatic carbocycles. The first-order valence-electron chi connectivity index (χ1n) is 5.50. The van der Waals surface area contributed by atoms with Crippen molar-refractivity contribution in [3.63, 3.8) is 0 Å². The molecule has 1 fully saturated rings. The Kier molecular flexibility index (Phi) is 3.12. The molecule has 1 aromatic carbocycles. The van der Waals surface area contributed by atoms with Gasteiger partial charge in [0.1, 0.15) is 11.3 Å². The Hall–Kier alpha value is -2.57. The number of carbonyl (C=O) groups is 3. The summed E-state index contributed by atoms with van der Waals surface area (Å²) in [5, 5.41) is 13.2. The third-order valence-electron chi connectivity index (χ3n) is 2.84. The van der Waals surface area contributed by atoms with Gasteiger partial charge in [-0.05, 0) is 24.6 Å². The average molecular weight is 264 g/mol. The quantitative estimate of drug-likeness (QED) is 0.674. The van der Waals surface area contributed by atoms with Crippen LogP contribution in [0.4, 0.5) is 4.79 Å². The van der Waals surface area contributed by atoms with Crippen LogP contribution in [0.2, 0.25) is 0 Å². The summed E-state index contributed by atoms with van der Waals surface area (Å²) in [5.41, 5.74) is -0.541. The van der Waals surface area contributed by atoms with E-state index in [1.165, 1.54) is 0 Å². The number of carbonyl (C=O) groups excluding carboxylic acids is 2. The van der Waals surface area contributed by atoms with Gasteiger partial charge in [0, 0.05) is 0 Å². The standard InChI is InChI=1S/C12H12N2O5/c1-12(10(17)13-11(18)14-12)7-2-4-8(5-3-7)19-6-9(15)16/h2-5H,6H2,1H3,(H,15,16)(H2,13,14,17,18). The number of rotatable bonds is 4. The van der Waals surface area contributed by atoms with E-state index in [1.54, 1.807) is 31.2 Å². The Balaban J connectivity index is 2.16. The first kappa shape index (κ1) is 12.9. The number of carboxylic acids is 1. The van der Waals surface area contributed by atoms with Crippen LogP contribution < -0.4 is 15.4 Å². The van der Waals surface area contributed by atoms with Gasteiger partial charge in [-0.1, -0.05) is 12.1 Å². The van der Waals surface area contributed by atoms with Crippen LogP contribution >= 0.6 is 0 Å². The molecule has 1 aliphatic heterocycles. The van der Waals surface area contributed by atoms with Crippen molar-refractivity contribution < 1.29 is 24.2 Å². The summed E-state index contributed by atoms with van der Waals surface area (Å²) in [6, 6.07) is 5.74. The van der Waals surface area contributed by atoms with Crippen LogP contribution in [0.3, 0.4) is 0 Å². The predicted octanol–water partition coefficient (Wildman–Crippen LogP) is 0.205. The Bertz CT molecular complexity index is 540. The van der Waals surface area contributed by atoms with Gasteiger partial charge < -0.3 is 15.2 Å². The minimum Gasteiger partial charge on any atom is -0.482 e. The van der Waals surface area contributed by atoms with Crippen LogP contribution in [0.25, 0.3) is 0 Å². The predicted molar refractivity (Wildman–Crippen MR) is 63.6 cm³/mol. The molecule has 0 aromatic heterocycles. The number of hydrogen-bond acceptors (Lipinski definition) is 4. The van der Waals surface area contributed by atoms with Crippen LogP contribution in [0.1, 0.15) is 12.5 Å². The Morgan fingerprint density at radius 2 is 1.95 bits per heavy atom. The highest BCUT2D eigenvalue weighted by Gasteiger charge is 2.43. The summed E-state index contributed by atoms with van der Waals surface area (Å²) < 4.78 is 4.98. The van der Waals surface area contributed by atoms with Gasteiger partial charge in [-0.2, -0.15) is 0 Å². The number of hydrogen-bond donors (Lipinski definition) is 3. The lowest BCUT2D eigenvalue weighted by Crippen LogP contribution is -2.40. The molecule has 1 aliphatic rings. The number of amides is 3. The lowest BCUT2D eigenvalue weighted by Gasteiger charge is -2.21. The van der Waals surface area contributed by atoms with Crippen LogP contribution in [0, 0.1) is 0 Å². The number of imide groups is 1. The molecule has 7 heteroatoms. The van der Waals surface area contributed by atoms with E-state index < -0.39 is 30.1 Å². The van der Waals surface area contributed by atoms with Crippen molar-refractivity contribution in [2.45, 2.75) is 12.5 Å². The largest absolute Gasteiger partial charge is 0.482 e. The molecule has 7 nitrogen and oxygen atoms in total. The van der Waals surface area contributed by atoms with E-state index in [9.17, 15) is 14.4 Å². The van der Waals surface area contributed by atoms with E-state index >= 15 is 0 Å². The van der Waals surface area contributed by atoms with Crippen molar-refractivity contribution in [3.05, 3.63) is 29.8 Å². The second kappa shape index (κ2) is 4.60. The zero-order chi connectivity index (χ0) is 14.0. The maximum absolute atomic E-state index is 11.7. The van der Waals surface area contributed by atoms with Crippen LogP contribution in [0.15, 0.2) is 24.3 Å². The summed E-state index contributed by atoms with van der Waals surface area (Å²) >= 11 is 0. The van der Waals surface area contributed by atoms with Crippen molar-refractivity contribution in [1.82, 2.24) is 10.6 Å². The molecule has 3 amide bonds. The minimum absolute atomic E-state index is 0.375. The maximum Gasteiger partial charge on any atom is 0.341 e. The summed E-state index contributed by atoms with van der Waals surface area (Å²) in [5.74, 6) is -1.13. The van der Waals surface area contributed by atoms with Crippen LogP contribution in [-0.2, 0) is 15.1 Å². The van der Waals surface area contributed by atoms with Crippen molar-refractivity contribution in [2.75, 3.05) is 6.61 Å². The smallest absolute Gasteiger partial charge is 0.341 e. The molecule has 3 N–H and O–H groups in total. The van der Waals surface area contributed by atoms with Crippen molar-refractivity contribution >= 4 is 17.9 Å². The molecule has 100 valence electrons. The number of ether oxygens (including phenoxy) is 1. The number of nitrogens with one attached hydrogen (secondary N) is 2. The van der Waals surface area contributed by atoms with Gasteiger partial charge in [-0.15, -0.1) is 0 Å². The summed E-state index contributed by atoms with van der Waals surface area (Å²) in [7, 11) is 0. The van der Waals surface area contributed by atoms with Gasteiger partial charge in [0.2, 0.25) is 0 Å². The topological polar surface area (TPSA) is 105 Å². The van der Waals surface area contributed by atoms with E-state index in [2.05, 4.69) is 10.6 Å². The first-order chi connectivity index (χ1) is 8.91. The van der Waals surface area contributed by atoms with Crippen LogP contribution in [0.5, 0.6) is 5.75 Å². The second-order valence-corrected chi connectivity index (χ2v) is 4.24. The van der Waals surface area contributed by atoms with Gasteiger partial charge >= 0.3 is 12.0 Å². The molecule has 1 saturated heterocycles. The molecule has 19 heavy (non-hydrogen) atoms. The SMILES string of the molecule is CC1(c2ccc(OCC(=O)O)cc2)NC(=O)NC1=O. The van der Waals surface area contributed by atoms with E-state index in [4.69, 9.17) is 9.84 Å². The zero-order valence-corrected chi connectivity index (χ0v) is 10.1. The molecule has 1 atom stereocenters. The van der Waals surface area contributed by atoms with Crippen LogP contribution in [-0.4, -0.2) is 29.6 Å². The Morgan fingerprint density at radius 3 is 2.42 bits per heavy atom. The molecule has 1 aromatic rings. The minimum atomic E-state index is -1.12. The number of carboxylic acid groups (broad SMARTS) is 1. The summed E-state index contributed by atoms with van der Waals surface area (Å²) in [6.45, 7) is 1.15. The third kappa shape index (κ3) is 2.49. The summed E-state index contributed by atoms with van der Waals surface area (Å²) in [6.07, 6.45) is 0. The molecular weight excluding hydrogens is 252 g/mol. The molecule has 0 spiro atoms. The fourth-order valence-corrected chi connectivity index (χ4v) is 1.78. The van der Waals surface area contributed by atoms with E-state index in [-0.39, 0.29) is 0 Å². The maximum atomic E-state index is 11.7. The average Bonchev–Trinajstić information content (AvgIpc) is 2.62.